The average Bonchev–Trinajstić information content (AvgIpc) is 2.09. The molecule has 2 N–H and O–H groups in total. The van der Waals surface area contributed by atoms with Gasteiger partial charge in [-0.1, -0.05) is 11.6 Å². The van der Waals surface area contributed by atoms with E-state index in [1.807, 2.05) is 0 Å². The third kappa shape index (κ3) is 2.64. The smallest absolute Gasteiger partial charge is 0.128 e. The minimum Gasteiger partial charge on any atom is -0.324 e. The largest absolute Gasteiger partial charge is 0.324 e. The van der Waals surface area contributed by atoms with Gasteiger partial charge in [0.1, 0.15) is 5.82 Å². The molecule has 1 atom stereocenters. The van der Waals surface area contributed by atoms with Crippen LogP contribution in [-0.2, 0) is 0 Å². The zero-order valence-corrected chi connectivity index (χ0v) is 7.69. The Morgan fingerprint density at radius 1 is 1.46 bits per heavy atom. The van der Waals surface area contributed by atoms with Gasteiger partial charge in [0, 0.05) is 16.6 Å². The molecule has 0 saturated carbocycles. The van der Waals surface area contributed by atoms with Crippen LogP contribution in [0.4, 0.5) is 8.78 Å². The number of halogens is 3. The van der Waals surface area contributed by atoms with E-state index in [9.17, 15) is 8.78 Å². The van der Waals surface area contributed by atoms with Crippen molar-refractivity contribution in [2.75, 3.05) is 6.67 Å². The summed E-state index contributed by atoms with van der Waals surface area (Å²) in [6.45, 7) is -0.562. The molecule has 0 spiro atoms. The molecule has 0 radical (unpaired) electrons. The molecule has 1 aromatic carbocycles. The van der Waals surface area contributed by atoms with Crippen LogP contribution in [0.2, 0.25) is 5.02 Å². The predicted molar refractivity (Wildman–Crippen MR) is 48.9 cm³/mol. The minimum absolute atomic E-state index is 0.108. The summed E-state index contributed by atoms with van der Waals surface area (Å²) in [4.78, 5) is 0. The molecule has 0 amide bonds. The summed E-state index contributed by atoms with van der Waals surface area (Å²) in [5.74, 6) is -0.439. The summed E-state index contributed by atoms with van der Waals surface area (Å²) in [6, 6.07) is 3.47. The number of hydrogen-bond acceptors (Lipinski definition) is 1. The van der Waals surface area contributed by atoms with Gasteiger partial charge in [-0.2, -0.15) is 0 Å². The first kappa shape index (κ1) is 10.4. The third-order valence-corrected chi connectivity index (χ3v) is 2.01. The lowest BCUT2D eigenvalue weighted by atomic mass is 10.0. The fourth-order valence-corrected chi connectivity index (χ4v) is 1.25. The van der Waals surface area contributed by atoms with Crippen molar-refractivity contribution in [3.05, 3.63) is 34.6 Å². The van der Waals surface area contributed by atoms with Crippen LogP contribution in [-0.4, -0.2) is 6.67 Å². The van der Waals surface area contributed by atoms with Gasteiger partial charge in [0.15, 0.2) is 0 Å². The van der Waals surface area contributed by atoms with Crippen molar-refractivity contribution >= 4 is 11.6 Å². The van der Waals surface area contributed by atoms with Gasteiger partial charge < -0.3 is 5.73 Å². The van der Waals surface area contributed by atoms with Gasteiger partial charge in [-0.3, -0.25) is 4.39 Å². The van der Waals surface area contributed by atoms with Crippen molar-refractivity contribution in [1.29, 1.82) is 0 Å². The maximum atomic E-state index is 13.1. The molecule has 0 heterocycles. The third-order valence-electron chi connectivity index (χ3n) is 1.78. The summed E-state index contributed by atoms with van der Waals surface area (Å²) in [5.41, 5.74) is 5.81. The van der Waals surface area contributed by atoms with E-state index in [0.29, 0.717) is 5.02 Å². The molecule has 72 valence electrons. The van der Waals surface area contributed by atoms with Crippen LogP contribution in [0.5, 0.6) is 0 Å². The summed E-state index contributed by atoms with van der Waals surface area (Å²) < 4.78 is 25.0. The van der Waals surface area contributed by atoms with E-state index in [2.05, 4.69) is 0 Å². The lowest BCUT2D eigenvalue weighted by molar-refractivity contribution is 0.435. The number of nitrogens with two attached hydrogens (primary N) is 1. The first-order valence-electron chi connectivity index (χ1n) is 3.91. The van der Waals surface area contributed by atoms with E-state index in [-0.39, 0.29) is 12.0 Å². The Balaban J connectivity index is 2.91. The molecule has 1 nitrogen and oxygen atoms in total. The Morgan fingerprint density at radius 2 is 2.15 bits per heavy atom. The second-order valence-electron chi connectivity index (χ2n) is 2.75. The van der Waals surface area contributed by atoms with Crippen LogP contribution < -0.4 is 5.73 Å². The van der Waals surface area contributed by atoms with E-state index >= 15 is 0 Å². The molecule has 0 aliphatic rings. The lowest BCUT2D eigenvalue weighted by Crippen LogP contribution is -2.12. The Bertz CT molecular complexity index is 291. The summed E-state index contributed by atoms with van der Waals surface area (Å²) in [5, 5.41) is 0.408. The molecule has 0 aromatic heterocycles. The Kier molecular flexibility index (Phi) is 3.63. The Labute approximate surface area is 80.5 Å². The Hall–Kier alpha value is -0.670. The van der Waals surface area contributed by atoms with E-state index < -0.39 is 18.5 Å². The highest BCUT2D eigenvalue weighted by atomic mass is 35.5. The normalized spacial score (nSPS) is 12.9. The van der Waals surface area contributed by atoms with Crippen molar-refractivity contribution in [2.24, 2.45) is 5.73 Å². The highest BCUT2D eigenvalue weighted by Crippen LogP contribution is 2.21. The van der Waals surface area contributed by atoms with Crippen molar-refractivity contribution < 1.29 is 8.78 Å². The first-order valence-corrected chi connectivity index (χ1v) is 4.29. The van der Waals surface area contributed by atoms with Crippen molar-refractivity contribution in [1.82, 2.24) is 0 Å². The van der Waals surface area contributed by atoms with Crippen molar-refractivity contribution in [2.45, 2.75) is 12.5 Å². The zero-order chi connectivity index (χ0) is 9.84. The molecule has 1 rings (SSSR count). The number of rotatable bonds is 3. The van der Waals surface area contributed by atoms with Crippen LogP contribution >= 0.6 is 11.6 Å². The molecular formula is C9H10ClF2N. The molecule has 1 aromatic rings. The van der Waals surface area contributed by atoms with Gasteiger partial charge in [-0.05, 0) is 24.6 Å². The maximum absolute atomic E-state index is 13.1. The topological polar surface area (TPSA) is 26.0 Å². The van der Waals surface area contributed by atoms with Gasteiger partial charge >= 0.3 is 0 Å². The van der Waals surface area contributed by atoms with Crippen LogP contribution in [0.25, 0.3) is 0 Å². The monoisotopic (exact) mass is 205 g/mol. The van der Waals surface area contributed by atoms with Crippen LogP contribution in [0, 0.1) is 5.82 Å². The second-order valence-corrected chi connectivity index (χ2v) is 3.19. The standard InChI is InChI=1S/C9H10ClF2N/c10-6-1-2-8(12)7(5-6)9(13)3-4-11/h1-2,5,9H,3-4,13H2/t9-/m1/s1. The van der Waals surface area contributed by atoms with Gasteiger partial charge in [-0.15, -0.1) is 0 Å². The predicted octanol–water partition coefficient (Wildman–Crippen LogP) is 2.84. The molecule has 0 saturated heterocycles. The fraction of sp³-hybridized carbons (Fsp3) is 0.333. The molecule has 0 aliphatic carbocycles. The molecule has 0 unspecified atom stereocenters. The van der Waals surface area contributed by atoms with Gasteiger partial charge in [0.05, 0.1) is 6.67 Å². The summed E-state index contributed by atoms with van der Waals surface area (Å²) in [7, 11) is 0. The lowest BCUT2D eigenvalue weighted by Gasteiger charge is -2.10. The quantitative estimate of drug-likeness (QED) is 0.807. The number of benzene rings is 1. The van der Waals surface area contributed by atoms with Gasteiger partial charge in [-0.25, -0.2) is 4.39 Å². The molecule has 4 heteroatoms. The fourth-order valence-electron chi connectivity index (χ4n) is 1.07. The maximum Gasteiger partial charge on any atom is 0.128 e. The van der Waals surface area contributed by atoms with Crippen LogP contribution in [0.3, 0.4) is 0 Å². The van der Waals surface area contributed by atoms with Crippen molar-refractivity contribution in [3.8, 4) is 0 Å². The second kappa shape index (κ2) is 4.53. The van der Waals surface area contributed by atoms with E-state index in [1.165, 1.54) is 18.2 Å². The van der Waals surface area contributed by atoms with Gasteiger partial charge in [0.25, 0.3) is 0 Å². The van der Waals surface area contributed by atoms with Gasteiger partial charge in [0.2, 0.25) is 0 Å². The zero-order valence-electron chi connectivity index (χ0n) is 6.93. The Morgan fingerprint density at radius 3 is 2.77 bits per heavy atom. The molecule has 0 bridgehead atoms. The first-order chi connectivity index (χ1) is 6.15. The SMILES string of the molecule is N[C@H](CCF)c1cc(Cl)ccc1F. The summed E-state index contributed by atoms with van der Waals surface area (Å²) >= 11 is 5.65. The van der Waals surface area contributed by atoms with E-state index in [4.69, 9.17) is 17.3 Å². The molecule has 0 fully saturated rings. The van der Waals surface area contributed by atoms with E-state index in [0.717, 1.165) is 0 Å². The number of hydrogen-bond donors (Lipinski definition) is 1. The highest BCUT2D eigenvalue weighted by Gasteiger charge is 2.11. The van der Waals surface area contributed by atoms with Crippen LogP contribution in [0.15, 0.2) is 18.2 Å². The van der Waals surface area contributed by atoms with Crippen LogP contribution in [0.1, 0.15) is 18.0 Å². The molecule has 13 heavy (non-hydrogen) atoms. The molecular weight excluding hydrogens is 196 g/mol. The highest BCUT2D eigenvalue weighted by molar-refractivity contribution is 6.30. The van der Waals surface area contributed by atoms with Crippen molar-refractivity contribution in [3.63, 3.8) is 0 Å². The summed E-state index contributed by atoms with van der Waals surface area (Å²) in [6.07, 6.45) is 0.108. The number of alkyl halides is 1. The molecule has 0 aliphatic heterocycles. The average molecular weight is 206 g/mol. The minimum atomic E-state index is -0.622. The van der Waals surface area contributed by atoms with E-state index in [1.54, 1.807) is 0 Å².